The summed E-state index contributed by atoms with van der Waals surface area (Å²) in [7, 11) is 0. The van der Waals surface area contributed by atoms with Gasteiger partial charge in [-0.15, -0.1) is 0 Å². The standard InChI is InChI=1S/C34H36ClN11O5/c1-14-20-10-19(42-30(47)18(5)35)6-7-21(20)43-29(14)34(51)46-24-13-41-28(17(24)4)33(50)45-23-12-40-27(16(23)3)32(49)44-22-11-39-26(15(22)2)31(48)38-9-8-25(36)37/h6-7,10-13,39-41,43H,5,8-9H2,1-4H3,(H3,36,37)(H,38,48)(H,42,47)(H,44,49)(H,45,50)(H,46,51). The van der Waals surface area contributed by atoms with Gasteiger partial charge in [0.25, 0.3) is 29.5 Å². The van der Waals surface area contributed by atoms with Crippen LogP contribution in [-0.2, 0) is 4.79 Å². The van der Waals surface area contributed by atoms with Crippen LogP contribution in [0, 0.1) is 33.1 Å². The second-order valence-corrected chi connectivity index (χ2v) is 12.2. The zero-order valence-corrected chi connectivity index (χ0v) is 28.8. The van der Waals surface area contributed by atoms with Gasteiger partial charge < -0.3 is 52.3 Å². The molecule has 0 spiro atoms. The molecule has 0 aliphatic carbocycles. The average molecular weight is 714 g/mol. The number of aromatic amines is 4. The monoisotopic (exact) mass is 713 g/mol. The normalized spacial score (nSPS) is 10.8. The molecular weight excluding hydrogens is 678 g/mol. The molecule has 12 N–H and O–H groups in total. The minimum atomic E-state index is -0.535. The van der Waals surface area contributed by atoms with E-state index < -0.39 is 29.5 Å². The number of nitrogens with one attached hydrogen (secondary N) is 10. The Hall–Kier alpha value is -6.55. The minimum absolute atomic E-state index is 0.0426. The second-order valence-electron chi connectivity index (χ2n) is 11.7. The van der Waals surface area contributed by atoms with Gasteiger partial charge in [-0.1, -0.05) is 18.2 Å². The third kappa shape index (κ3) is 7.55. The minimum Gasteiger partial charge on any atom is -0.388 e. The molecule has 264 valence electrons. The Morgan fingerprint density at radius 3 is 1.67 bits per heavy atom. The lowest BCUT2D eigenvalue weighted by atomic mass is 10.1. The summed E-state index contributed by atoms with van der Waals surface area (Å²) in [4.78, 5) is 75.9. The van der Waals surface area contributed by atoms with Crippen LogP contribution in [0.15, 0.2) is 48.4 Å². The Morgan fingerprint density at radius 2 is 1.20 bits per heavy atom. The molecule has 0 unspecified atom stereocenters. The van der Waals surface area contributed by atoms with Crippen molar-refractivity contribution < 1.29 is 24.0 Å². The molecule has 0 aliphatic rings. The van der Waals surface area contributed by atoms with Crippen molar-refractivity contribution in [2.75, 3.05) is 27.8 Å². The smallest absolute Gasteiger partial charge is 0.272 e. The van der Waals surface area contributed by atoms with Crippen LogP contribution in [-0.4, -0.2) is 61.9 Å². The predicted molar refractivity (Wildman–Crippen MR) is 196 cm³/mol. The summed E-state index contributed by atoms with van der Waals surface area (Å²) in [5.74, 6) is -2.41. The molecular formula is C34H36ClN11O5. The van der Waals surface area contributed by atoms with Crippen molar-refractivity contribution in [2.24, 2.45) is 5.73 Å². The number of carbonyl (C=O) groups excluding carboxylic acids is 5. The molecule has 0 saturated carbocycles. The van der Waals surface area contributed by atoms with Gasteiger partial charge in [0.05, 0.1) is 27.9 Å². The van der Waals surface area contributed by atoms with Crippen LogP contribution in [0.1, 0.15) is 70.6 Å². The molecule has 5 amide bonds. The number of hydrogen-bond acceptors (Lipinski definition) is 6. The van der Waals surface area contributed by atoms with Crippen molar-refractivity contribution in [3.8, 4) is 0 Å². The number of H-pyrrole nitrogens is 4. The number of nitrogens with two attached hydrogens (primary N) is 1. The van der Waals surface area contributed by atoms with Gasteiger partial charge in [0.1, 0.15) is 22.8 Å². The number of fused-ring (bicyclic) bond motifs is 1. The van der Waals surface area contributed by atoms with Gasteiger partial charge in [0, 0.05) is 64.8 Å². The molecule has 0 bridgehead atoms. The molecule has 0 saturated heterocycles. The number of aryl methyl sites for hydroxylation is 1. The zero-order valence-electron chi connectivity index (χ0n) is 28.1. The molecule has 0 aliphatic heterocycles. The summed E-state index contributed by atoms with van der Waals surface area (Å²) in [6.45, 7) is 10.4. The van der Waals surface area contributed by atoms with E-state index in [0.717, 1.165) is 5.39 Å². The molecule has 16 nitrogen and oxygen atoms in total. The van der Waals surface area contributed by atoms with E-state index in [1.807, 2.05) is 0 Å². The number of rotatable bonds is 12. The Morgan fingerprint density at radius 1 is 0.725 bits per heavy atom. The summed E-state index contributed by atoms with van der Waals surface area (Å²) < 4.78 is 0. The van der Waals surface area contributed by atoms with Crippen LogP contribution >= 0.6 is 11.6 Å². The maximum absolute atomic E-state index is 13.3. The van der Waals surface area contributed by atoms with Crippen LogP contribution < -0.4 is 32.3 Å². The van der Waals surface area contributed by atoms with Gasteiger partial charge in [0.2, 0.25) is 0 Å². The summed E-state index contributed by atoms with van der Waals surface area (Å²) in [6.07, 6.45) is 4.71. The molecule has 5 aromatic rings. The Bertz CT molecular complexity index is 2250. The first kappa shape index (κ1) is 35.7. The van der Waals surface area contributed by atoms with Crippen molar-refractivity contribution in [3.63, 3.8) is 0 Å². The van der Waals surface area contributed by atoms with Crippen molar-refractivity contribution in [1.82, 2.24) is 25.3 Å². The lowest BCUT2D eigenvalue weighted by Gasteiger charge is -2.08. The number of aromatic nitrogens is 4. The van der Waals surface area contributed by atoms with E-state index in [-0.39, 0.29) is 40.9 Å². The van der Waals surface area contributed by atoms with Crippen LogP contribution in [0.25, 0.3) is 10.9 Å². The van der Waals surface area contributed by atoms with E-state index in [9.17, 15) is 24.0 Å². The SMILES string of the molecule is C=C(Cl)C(=O)Nc1ccc2[nH]c(C(=O)Nc3c[nH]c(C(=O)Nc4c[nH]c(C(=O)Nc5c[nH]c(C(=O)NCCC(=N)N)c5C)c4C)c3C)c(C)c2c1. The first-order chi connectivity index (χ1) is 24.2. The highest BCUT2D eigenvalue weighted by molar-refractivity contribution is 6.43. The second kappa shape index (κ2) is 14.5. The van der Waals surface area contributed by atoms with E-state index in [4.69, 9.17) is 22.7 Å². The lowest BCUT2D eigenvalue weighted by Crippen LogP contribution is -2.28. The maximum Gasteiger partial charge on any atom is 0.272 e. The van der Waals surface area contributed by atoms with E-state index in [2.05, 4.69) is 53.1 Å². The third-order valence-corrected chi connectivity index (χ3v) is 8.49. The molecule has 0 fully saturated rings. The molecule has 0 radical (unpaired) electrons. The lowest BCUT2D eigenvalue weighted by molar-refractivity contribution is -0.112. The van der Waals surface area contributed by atoms with Crippen molar-refractivity contribution in [2.45, 2.75) is 34.1 Å². The van der Waals surface area contributed by atoms with Crippen LogP contribution in [0.4, 0.5) is 22.7 Å². The quantitative estimate of drug-likeness (QED) is 0.0487. The summed E-state index contributed by atoms with van der Waals surface area (Å²) in [6, 6.07) is 5.12. The van der Waals surface area contributed by atoms with Crippen LogP contribution in [0.2, 0.25) is 0 Å². The summed E-state index contributed by atoms with van der Waals surface area (Å²) >= 11 is 5.67. The highest BCUT2D eigenvalue weighted by Crippen LogP contribution is 2.28. The summed E-state index contributed by atoms with van der Waals surface area (Å²) in [5, 5.41) is 21.5. The van der Waals surface area contributed by atoms with Gasteiger partial charge in [-0.05, 0) is 51.5 Å². The van der Waals surface area contributed by atoms with Crippen molar-refractivity contribution in [3.05, 3.63) is 93.4 Å². The fourth-order valence-electron chi connectivity index (χ4n) is 5.37. The molecule has 51 heavy (non-hydrogen) atoms. The Kier molecular flexibility index (Phi) is 10.2. The largest absolute Gasteiger partial charge is 0.388 e. The number of anilines is 4. The number of hydrogen-bond donors (Lipinski definition) is 11. The number of halogens is 1. The fourth-order valence-corrected chi connectivity index (χ4v) is 5.41. The van der Waals surface area contributed by atoms with E-state index >= 15 is 0 Å². The molecule has 0 atom stereocenters. The summed E-state index contributed by atoms with van der Waals surface area (Å²) in [5.41, 5.74) is 10.7. The Labute approximate surface area is 295 Å². The van der Waals surface area contributed by atoms with Gasteiger partial charge in [0.15, 0.2) is 0 Å². The van der Waals surface area contributed by atoms with Gasteiger partial charge in [-0.3, -0.25) is 29.4 Å². The molecule has 17 heteroatoms. The van der Waals surface area contributed by atoms with Gasteiger partial charge >= 0.3 is 0 Å². The highest BCUT2D eigenvalue weighted by atomic mass is 35.5. The van der Waals surface area contributed by atoms with Gasteiger partial charge in [-0.2, -0.15) is 0 Å². The first-order valence-corrected chi connectivity index (χ1v) is 15.9. The number of amides is 5. The highest BCUT2D eigenvalue weighted by Gasteiger charge is 2.23. The molecule has 1 aromatic carbocycles. The first-order valence-electron chi connectivity index (χ1n) is 15.5. The predicted octanol–water partition coefficient (Wildman–Crippen LogP) is 4.89. The number of amidine groups is 1. The Balaban J connectivity index is 1.23. The molecule has 4 heterocycles. The van der Waals surface area contributed by atoms with E-state index in [0.29, 0.717) is 56.2 Å². The van der Waals surface area contributed by atoms with Gasteiger partial charge in [-0.25, -0.2) is 0 Å². The topological polar surface area (TPSA) is 259 Å². The molecule has 4 aromatic heterocycles. The fraction of sp³-hybridized carbons (Fsp3) is 0.176. The third-order valence-electron chi connectivity index (χ3n) is 8.31. The molecule has 5 rings (SSSR count). The van der Waals surface area contributed by atoms with Crippen molar-refractivity contribution in [1.29, 1.82) is 5.41 Å². The van der Waals surface area contributed by atoms with Crippen molar-refractivity contribution >= 4 is 80.6 Å². The number of carbonyl (C=O) groups is 5. The zero-order chi connectivity index (χ0) is 37.1. The van der Waals surface area contributed by atoms with Crippen LogP contribution in [0.3, 0.4) is 0 Å². The average Bonchev–Trinajstić information content (AvgIpc) is 3.82. The van der Waals surface area contributed by atoms with Crippen LogP contribution in [0.5, 0.6) is 0 Å². The van der Waals surface area contributed by atoms with E-state index in [1.54, 1.807) is 45.9 Å². The number of benzene rings is 1. The van der Waals surface area contributed by atoms with E-state index in [1.165, 1.54) is 18.6 Å². The maximum atomic E-state index is 13.3.